The predicted molar refractivity (Wildman–Crippen MR) is 107 cm³/mol. The number of ether oxygens (including phenoxy) is 1. The molecule has 2 rings (SSSR count). The third-order valence-corrected chi connectivity index (χ3v) is 4.12. The lowest BCUT2D eigenvalue weighted by molar-refractivity contribution is 0.0497. The molecule has 0 aliphatic rings. The van der Waals surface area contributed by atoms with Gasteiger partial charge < -0.3 is 19.7 Å². The van der Waals surface area contributed by atoms with E-state index in [0.717, 1.165) is 16.8 Å². The van der Waals surface area contributed by atoms with Crippen molar-refractivity contribution in [3.63, 3.8) is 0 Å². The number of aliphatic hydroxyl groups is 1. The number of amides is 1. The molecule has 28 heavy (non-hydrogen) atoms. The van der Waals surface area contributed by atoms with Crippen molar-refractivity contribution in [2.45, 2.75) is 52.2 Å². The maximum Gasteiger partial charge on any atom is 0.407 e. The summed E-state index contributed by atoms with van der Waals surface area (Å²) in [5, 5.41) is 12.1. The fourth-order valence-corrected chi connectivity index (χ4v) is 2.88. The molecule has 0 unspecified atom stereocenters. The minimum Gasteiger partial charge on any atom is -0.444 e. The maximum atomic E-state index is 12.0. The Morgan fingerprint density at radius 3 is 2.39 bits per heavy atom. The molecular weight excluding hydrogens is 358 g/mol. The predicted octanol–water partition coefficient (Wildman–Crippen LogP) is 3.11. The molecule has 0 bridgehead atoms. The molecule has 1 amide bonds. The summed E-state index contributed by atoms with van der Waals surface area (Å²) in [7, 11) is 1.80. The van der Waals surface area contributed by atoms with Gasteiger partial charge in [0, 0.05) is 38.4 Å². The Kier molecular flexibility index (Phi) is 6.96. The fourth-order valence-electron chi connectivity index (χ4n) is 2.88. The van der Waals surface area contributed by atoms with Crippen molar-refractivity contribution in [1.82, 2.24) is 14.9 Å². The van der Waals surface area contributed by atoms with Gasteiger partial charge in [-0.05, 0) is 39.2 Å². The highest BCUT2D eigenvalue weighted by atomic mass is 16.6. The normalized spacial score (nSPS) is 12.5. The van der Waals surface area contributed by atoms with Gasteiger partial charge in [0.2, 0.25) is 0 Å². The van der Waals surface area contributed by atoms with E-state index in [4.69, 9.17) is 4.74 Å². The van der Waals surface area contributed by atoms with Crippen LogP contribution in [-0.2, 0) is 18.2 Å². The van der Waals surface area contributed by atoms with Gasteiger partial charge in [-0.25, -0.2) is 9.78 Å². The standard InChI is InChI=1S/C21H29N3O4/c1-14(26)19-23-18(13-24(19)5)16-8-6-15(7-9-16)12-17(10-11-25)22-20(27)28-21(2,3)4/h6-9,13,17,25H,10-12H2,1-5H3,(H,22,27)/t17-/m0/s1. The van der Waals surface area contributed by atoms with E-state index in [1.165, 1.54) is 6.92 Å². The van der Waals surface area contributed by atoms with Crippen LogP contribution in [0.3, 0.4) is 0 Å². The van der Waals surface area contributed by atoms with Crippen LogP contribution in [0.2, 0.25) is 0 Å². The van der Waals surface area contributed by atoms with Crippen LogP contribution in [0.5, 0.6) is 0 Å². The van der Waals surface area contributed by atoms with Gasteiger partial charge in [-0.15, -0.1) is 0 Å². The molecule has 7 heteroatoms. The Bertz CT molecular complexity index is 819. The number of aliphatic hydroxyl groups excluding tert-OH is 1. The number of hydrogen-bond donors (Lipinski definition) is 2. The number of Topliss-reactive ketones (excluding diaryl/α,β-unsaturated/α-hetero) is 1. The van der Waals surface area contributed by atoms with Crippen molar-refractivity contribution in [3.8, 4) is 11.3 Å². The number of nitrogens with zero attached hydrogens (tertiary/aromatic N) is 2. The Morgan fingerprint density at radius 1 is 1.25 bits per heavy atom. The topological polar surface area (TPSA) is 93.4 Å². The molecule has 1 aromatic heterocycles. The van der Waals surface area contributed by atoms with Crippen LogP contribution in [0.25, 0.3) is 11.3 Å². The first-order chi connectivity index (χ1) is 13.1. The van der Waals surface area contributed by atoms with Crippen LogP contribution in [0.15, 0.2) is 30.5 Å². The number of rotatable bonds is 7. The first-order valence-corrected chi connectivity index (χ1v) is 9.33. The Hall–Kier alpha value is -2.67. The van der Waals surface area contributed by atoms with Crippen molar-refractivity contribution < 1.29 is 19.4 Å². The van der Waals surface area contributed by atoms with E-state index in [9.17, 15) is 14.7 Å². The van der Waals surface area contributed by atoms with Crippen LogP contribution in [0.1, 0.15) is 50.3 Å². The van der Waals surface area contributed by atoms with E-state index in [2.05, 4.69) is 10.3 Å². The molecule has 1 atom stereocenters. The molecule has 2 aromatic rings. The summed E-state index contributed by atoms with van der Waals surface area (Å²) in [5.74, 6) is 0.342. The number of imidazole rings is 1. The van der Waals surface area contributed by atoms with Crippen molar-refractivity contribution in [2.75, 3.05) is 6.61 Å². The molecule has 2 N–H and O–H groups in total. The lowest BCUT2D eigenvalue weighted by atomic mass is 10.0. The van der Waals surface area contributed by atoms with Crippen LogP contribution in [0.4, 0.5) is 4.79 Å². The summed E-state index contributed by atoms with van der Waals surface area (Å²) in [6.07, 6.45) is 2.34. The number of carbonyl (C=O) groups is 2. The molecule has 7 nitrogen and oxygen atoms in total. The van der Waals surface area contributed by atoms with Crippen molar-refractivity contribution in [2.24, 2.45) is 7.05 Å². The van der Waals surface area contributed by atoms with Crippen LogP contribution in [-0.4, -0.2) is 44.8 Å². The molecule has 152 valence electrons. The van der Waals surface area contributed by atoms with Crippen molar-refractivity contribution >= 4 is 11.9 Å². The molecule has 0 spiro atoms. The molecule has 0 aliphatic carbocycles. The maximum absolute atomic E-state index is 12.0. The van der Waals surface area contributed by atoms with E-state index in [1.54, 1.807) is 11.6 Å². The van der Waals surface area contributed by atoms with Gasteiger partial charge >= 0.3 is 6.09 Å². The van der Waals surface area contributed by atoms with Gasteiger partial charge in [-0.1, -0.05) is 24.3 Å². The number of hydrogen-bond acceptors (Lipinski definition) is 5. The number of aromatic nitrogens is 2. The second-order valence-corrected chi connectivity index (χ2v) is 7.87. The first-order valence-electron chi connectivity index (χ1n) is 9.33. The van der Waals surface area contributed by atoms with E-state index in [1.807, 2.05) is 51.2 Å². The summed E-state index contributed by atoms with van der Waals surface area (Å²) in [5.41, 5.74) is 2.08. The van der Waals surface area contributed by atoms with E-state index >= 15 is 0 Å². The SMILES string of the molecule is CC(=O)c1nc(-c2ccc(C[C@H](CCO)NC(=O)OC(C)(C)C)cc2)cn1C. The Morgan fingerprint density at radius 2 is 1.89 bits per heavy atom. The smallest absolute Gasteiger partial charge is 0.407 e. The van der Waals surface area contributed by atoms with Gasteiger partial charge in [0.05, 0.1) is 5.69 Å². The van der Waals surface area contributed by atoms with Crippen LogP contribution < -0.4 is 5.32 Å². The average molecular weight is 387 g/mol. The van der Waals surface area contributed by atoms with E-state index in [0.29, 0.717) is 18.7 Å². The van der Waals surface area contributed by atoms with Gasteiger partial charge in [-0.2, -0.15) is 0 Å². The third kappa shape index (κ3) is 6.20. The van der Waals surface area contributed by atoms with E-state index < -0.39 is 11.7 Å². The number of ketones is 1. The Balaban J connectivity index is 2.07. The minimum atomic E-state index is -0.573. The zero-order chi connectivity index (χ0) is 20.9. The number of nitrogens with one attached hydrogen (secondary N) is 1. The molecule has 0 radical (unpaired) electrons. The monoisotopic (exact) mass is 387 g/mol. The van der Waals surface area contributed by atoms with Crippen molar-refractivity contribution in [1.29, 1.82) is 0 Å². The van der Waals surface area contributed by atoms with Crippen LogP contribution in [0, 0.1) is 0 Å². The summed E-state index contributed by atoms with van der Waals surface area (Å²) < 4.78 is 7.01. The van der Waals surface area contributed by atoms with Gasteiger partial charge in [0.15, 0.2) is 11.6 Å². The van der Waals surface area contributed by atoms with Gasteiger partial charge in [-0.3, -0.25) is 4.79 Å². The molecule has 0 fully saturated rings. The first kappa shape index (κ1) is 21.6. The van der Waals surface area contributed by atoms with E-state index in [-0.39, 0.29) is 18.4 Å². The summed E-state index contributed by atoms with van der Waals surface area (Å²) in [6, 6.07) is 7.55. The number of aryl methyl sites for hydroxylation is 1. The fraction of sp³-hybridized carbons (Fsp3) is 0.476. The summed E-state index contributed by atoms with van der Waals surface area (Å²) in [4.78, 5) is 28.0. The average Bonchev–Trinajstić information content (AvgIpc) is 2.96. The molecule has 0 saturated heterocycles. The molecule has 0 aliphatic heterocycles. The second-order valence-electron chi connectivity index (χ2n) is 7.87. The highest BCUT2D eigenvalue weighted by Gasteiger charge is 2.19. The lowest BCUT2D eigenvalue weighted by Crippen LogP contribution is -2.40. The van der Waals surface area contributed by atoms with Gasteiger partial charge in [0.1, 0.15) is 5.60 Å². The number of benzene rings is 1. The summed E-state index contributed by atoms with van der Waals surface area (Å²) >= 11 is 0. The molecule has 1 heterocycles. The zero-order valence-electron chi connectivity index (χ0n) is 17.2. The highest BCUT2D eigenvalue weighted by Crippen LogP contribution is 2.20. The summed E-state index contributed by atoms with van der Waals surface area (Å²) in [6.45, 7) is 6.89. The lowest BCUT2D eigenvalue weighted by Gasteiger charge is -2.23. The highest BCUT2D eigenvalue weighted by molar-refractivity contribution is 5.91. The quantitative estimate of drug-likeness (QED) is 0.712. The van der Waals surface area contributed by atoms with Gasteiger partial charge in [0.25, 0.3) is 0 Å². The number of alkyl carbamates (subject to hydrolysis) is 1. The zero-order valence-corrected chi connectivity index (χ0v) is 17.2. The van der Waals surface area contributed by atoms with Crippen LogP contribution >= 0.6 is 0 Å². The largest absolute Gasteiger partial charge is 0.444 e. The molecular formula is C21H29N3O4. The second kappa shape index (κ2) is 9.01. The number of carbonyl (C=O) groups excluding carboxylic acids is 2. The molecule has 0 saturated carbocycles. The van der Waals surface area contributed by atoms with Crippen molar-refractivity contribution in [3.05, 3.63) is 41.9 Å². The molecule has 1 aromatic carbocycles. The third-order valence-electron chi connectivity index (χ3n) is 4.12. The minimum absolute atomic E-state index is 0.0275. The Labute approximate surface area is 165 Å².